The van der Waals surface area contributed by atoms with E-state index in [1.54, 1.807) is 0 Å². The van der Waals surface area contributed by atoms with Gasteiger partial charge in [0.1, 0.15) is 10.0 Å². The lowest BCUT2D eigenvalue weighted by molar-refractivity contribution is 0.232. The summed E-state index contributed by atoms with van der Waals surface area (Å²) >= 11 is 1.51. The second-order valence-electron chi connectivity index (χ2n) is 5.53. The largest absolute Gasteiger partial charge is 0.335 e. The van der Waals surface area contributed by atoms with Crippen LogP contribution in [0.3, 0.4) is 0 Å². The van der Waals surface area contributed by atoms with Crippen molar-refractivity contribution in [3.63, 3.8) is 0 Å². The predicted molar refractivity (Wildman–Crippen MR) is 87.6 cm³/mol. The first-order valence-electron chi connectivity index (χ1n) is 7.73. The molecule has 0 spiro atoms. The Labute approximate surface area is 134 Å². The van der Waals surface area contributed by atoms with Crippen molar-refractivity contribution in [3.8, 4) is 10.6 Å². The van der Waals surface area contributed by atoms with Crippen LogP contribution in [-0.2, 0) is 6.54 Å². The Morgan fingerprint density at radius 3 is 2.68 bits per heavy atom. The van der Waals surface area contributed by atoms with Gasteiger partial charge >= 0.3 is 6.03 Å². The van der Waals surface area contributed by atoms with Crippen LogP contribution in [-0.4, -0.2) is 22.3 Å². The van der Waals surface area contributed by atoms with Crippen LogP contribution in [0.1, 0.15) is 37.1 Å². The molecule has 2 aromatic rings. The quantitative estimate of drug-likeness (QED) is 0.909. The van der Waals surface area contributed by atoms with Crippen LogP contribution in [0.15, 0.2) is 30.3 Å². The molecule has 0 radical (unpaired) electrons. The fourth-order valence-corrected chi connectivity index (χ4v) is 3.45. The van der Waals surface area contributed by atoms with Crippen LogP contribution in [0, 0.1) is 0 Å². The molecule has 1 aliphatic carbocycles. The molecule has 6 heteroatoms. The monoisotopic (exact) mass is 316 g/mol. The molecule has 22 heavy (non-hydrogen) atoms. The lowest BCUT2D eigenvalue weighted by Crippen LogP contribution is -2.42. The number of carbonyl (C=O) groups excluding carboxylic acids is 1. The Hall–Kier alpha value is -1.95. The molecule has 3 rings (SSSR count). The highest BCUT2D eigenvalue weighted by molar-refractivity contribution is 7.14. The first kappa shape index (κ1) is 15.0. The molecule has 1 aliphatic rings. The fraction of sp³-hybridized carbons (Fsp3) is 0.438. The summed E-state index contributed by atoms with van der Waals surface area (Å²) in [5.41, 5.74) is 1.05. The fourth-order valence-electron chi connectivity index (χ4n) is 2.66. The Balaban J connectivity index is 1.49. The van der Waals surface area contributed by atoms with Crippen molar-refractivity contribution >= 4 is 17.4 Å². The van der Waals surface area contributed by atoms with Gasteiger partial charge < -0.3 is 10.6 Å². The second kappa shape index (κ2) is 7.35. The average Bonchev–Trinajstić information content (AvgIpc) is 3.04. The van der Waals surface area contributed by atoms with Crippen molar-refractivity contribution in [1.29, 1.82) is 0 Å². The van der Waals surface area contributed by atoms with E-state index in [1.807, 2.05) is 30.3 Å². The van der Waals surface area contributed by atoms with Crippen LogP contribution in [0.2, 0.25) is 0 Å². The Morgan fingerprint density at radius 1 is 1.14 bits per heavy atom. The number of benzene rings is 1. The van der Waals surface area contributed by atoms with Gasteiger partial charge in [-0.15, -0.1) is 10.2 Å². The number of carbonyl (C=O) groups is 1. The number of hydrogen-bond donors (Lipinski definition) is 2. The van der Waals surface area contributed by atoms with Gasteiger partial charge in [-0.3, -0.25) is 0 Å². The number of aromatic nitrogens is 2. The van der Waals surface area contributed by atoms with E-state index in [2.05, 4.69) is 20.8 Å². The predicted octanol–water partition coefficient (Wildman–Crippen LogP) is 3.34. The van der Waals surface area contributed by atoms with Crippen LogP contribution >= 0.6 is 11.3 Å². The molecular weight excluding hydrogens is 296 g/mol. The SMILES string of the molecule is O=C(NCc1nnc(-c2ccccc2)s1)NC1CCCCC1. The second-order valence-corrected chi connectivity index (χ2v) is 6.59. The molecule has 1 aromatic carbocycles. The summed E-state index contributed by atoms with van der Waals surface area (Å²) in [5, 5.41) is 15.9. The first-order valence-corrected chi connectivity index (χ1v) is 8.55. The molecule has 2 amide bonds. The number of nitrogens with one attached hydrogen (secondary N) is 2. The normalized spacial score (nSPS) is 15.5. The Bertz CT molecular complexity index is 608. The van der Waals surface area contributed by atoms with E-state index in [1.165, 1.54) is 30.6 Å². The summed E-state index contributed by atoms with van der Waals surface area (Å²) in [7, 11) is 0. The number of amides is 2. The van der Waals surface area contributed by atoms with Crippen molar-refractivity contribution in [2.45, 2.75) is 44.7 Å². The summed E-state index contributed by atoms with van der Waals surface area (Å²) < 4.78 is 0. The van der Waals surface area contributed by atoms with E-state index in [9.17, 15) is 4.79 Å². The highest BCUT2D eigenvalue weighted by Gasteiger charge is 2.15. The van der Waals surface area contributed by atoms with E-state index in [0.29, 0.717) is 12.6 Å². The van der Waals surface area contributed by atoms with E-state index < -0.39 is 0 Å². The zero-order chi connectivity index (χ0) is 15.2. The topological polar surface area (TPSA) is 66.9 Å². The van der Waals surface area contributed by atoms with E-state index in [0.717, 1.165) is 28.4 Å². The molecule has 0 bridgehead atoms. The minimum atomic E-state index is -0.108. The molecule has 0 saturated heterocycles. The van der Waals surface area contributed by atoms with Gasteiger partial charge in [-0.1, -0.05) is 60.9 Å². The zero-order valence-electron chi connectivity index (χ0n) is 12.4. The minimum Gasteiger partial charge on any atom is -0.335 e. The summed E-state index contributed by atoms with van der Waals surface area (Å²) in [4.78, 5) is 11.9. The number of urea groups is 1. The van der Waals surface area contributed by atoms with Crippen LogP contribution in [0.4, 0.5) is 4.79 Å². The Morgan fingerprint density at radius 2 is 1.91 bits per heavy atom. The van der Waals surface area contributed by atoms with Gasteiger partial charge in [-0.25, -0.2) is 4.79 Å². The van der Waals surface area contributed by atoms with E-state index in [4.69, 9.17) is 0 Å². The van der Waals surface area contributed by atoms with E-state index >= 15 is 0 Å². The highest BCUT2D eigenvalue weighted by Crippen LogP contribution is 2.22. The van der Waals surface area contributed by atoms with Gasteiger partial charge in [0.15, 0.2) is 0 Å². The van der Waals surface area contributed by atoms with Crippen LogP contribution in [0.5, 0.6) is 0 Å². The van der Waals surface area contributed by atoms with Crippen molar-refractivity contribution in [1.82, 2.24) is 20.8 Å². The maximum atomic E-state index is 11.9. The van der Waals surface area contributed by atoms with Gasteiger partial charge in [0.05, 0.1) is 6.54 Å². The first-order chi connectivity index (χ1) is 10.8. The van der Waals surface area contributed by atoms with Gasteiger partial charge in [0.25, 0.3) is 0 Å². The van der Waals surface area contributed by atoms with Crippen LogP contribution in [0.25, 0.3) is 10.6 Å². The molecule has 2 N–H and O–H groups in total. The van der Waals surface area contributed by atoms with Gasteiger partial charge in [-0.2, -0.15) is 0 Å². The standard InChI is InChI=1S/C16H20N4OS/c21-16(18-13-9-5-2-6-10-13)17-11-14-19-20-15(22-14)12-7-3-1-4-8-12/h1,3-4,7-8,13H,2,5-6,9-11H2,(H2,17,18,21). The average molecular weight is 316 g/mol. The summed E-state index contributed by atoms with van der Waals surface area (Å²) in [6.45, 7) is 0.420. The van der Waals surface area contributed by atoms with Crippen molar-refractivity contribution in [2.24, 2.45) is 0 Å². The lowest BCUT2D eigenvalue weighted by atomic mass is 9.96. The van der Waals surface area contributed by atoms with Gasteiger partial charge in [0.2, 0.25) is 0 Å². The molecule has 5 nitrogen and oxygen atoms in total. The molecule has 0 atom stereocenters. The maximum absolute atomic E-state index is 11.9. The molecule has 1 saturated carbocycles. The minimum absolute atomic E-state index is 0.108. The van der Waals surface area contributed by atoms with Crippen molar-refractivity contribution in [2.75, 3.05) is 0 Å². The highest BCUT2D eigenvalue weighted by atomic mass is 32.1. The summed E-state index contributed by atoms with van der Waals surface area (Å²) in [6, 6.07) is 10.2. The zero-order valence-corrected chi connectivity index (χ0v) is 13.2. The Kier molecular flexibility index (Phi) is 5.00. The third-order valence-corrected chi connectivity index (χ3v) is 4.80. The van der Waals surface area contributed by atoms with Gasteiger partial charge in [0, 0.05) is 11.6 Å². The third kappa shape index (κ3) is 4.04. The number of rotatable bonds is 4. The van der Waals surface area contributed by atoms with E-state index in [-0.39, 0.29) is 6.03 Å². The van der Waals surface area contributed by atoms with Gasteiger partial charge in [-0.05, 0) is 12.8 Å². The summed E-state index contributed by atoms with van der Waals surface area (Å²) in [5.74, 6) is 0. The molecule has 0 aliphatic heterocycles. The number of nitrogens with zero attached hydrogens (tertiary/aromatic N) is 2. The van der Waals surface area contributed by atoms with Crippen LogP contribution < -0.4 is 10.6 Å². The molecule has 116 valence electrons. The molecule has 1 aromatic heterocycles. The molecule has 0 unspecified atom stereocenters. The van der Waals surface area contributed by atoms with Crippen molar-refractivity contribution in [3.05, 3.63) is 35.3 Å². The molecular formula is C16H20N4OS. The lowest BCUT2D eigenvalue weighted by Gasteiger charge is -2.22. The molecule has 1 heterocycles. The third-order valence-electron chi connectivity index (χ3n) is 3.83. The van der Waals surface area contributed by atoms with Crippen molar-refractivity contribution < 1.29 is 4.79 Å². The smallest absolute Gasteiger partial charge is 0.315 e. The molecule has 1 fully saturated rings. The maximum Gasteiger partial charge on any atom is 0.315 e. The number of hydrogen-bond acceptors (Lipinski definition) is 4. The summed E-state index contributed by atoms with van der Waals surface area (Å²) in [6.07, 6.45) is 5.88.